The van der Waals surface area contributed by atoms with E-state index in [0.29, 0.717) is 26.3 Å². The molecule has 0 amide bonds. The van der Waals surface area contributed by atoms with Gasteiger partial charge in [0.15, 0.2) is 0 Å². The highest BCUT2D eigenvalue weighted by molar-refractivity contribution is 4.55. The molecule has 0 rings (SSSR count). The lowest BCUT2D eigenvalue weighted by molar-refractivity contribution is 0.0890. The number of nitrogens with zero attached hydrogens (tertiary/aromatic N) is 1. The molecule has 0 aliphatic heterocycles. The number of ether oxygens (including phenoxy) is 1. The summed E-state index contributed by atoms with van der Waals surface area (Å²) >= 11 is 0. The van der Waals surface area contributed by atoms with Crippen LogP contribution in [0.4, 0.5) is 0 Å². The molecule has 1 radical (unpaired) electrons. The van der Waals surface area contributed by atoms with Crippen LogP contribution in [0.1, 0.15) is 6.92 Å². The molecule has 0 aromatic heterocycles. The molecule has 67 valence electrons. The summed E-state index contributed by atoms with van der Waals surface area (Å²) in [5, 5.41) is 21.2. The molecular formula is C7H16NO3. The quantitative estimate of drug-likeness (QED) is 0.471. The van der Waals surface area contributed by atoms with Gasteiger partial charge in [-0.15, -0.1) is 0 Å². The van der Waals surface area contributed by atoms with Gasteiger partial charge in [0.25, 0.3) is 0 Å². The molecule has 1 atom stereocenters. The summed E-state index contributed by atoms with van der Waals surface area (Å²) in [7, 11) is 0. The minimum Gasteiger partial charge on any atom is -0.394 e. The molecule has 11 heavy (non-hydrogen) atoms. The van der Waals surface area contributed by atoms with E-state index < -0.39 is 6.10 Å². The summed E-state index contributed by atoms with van der Waals surface area (Å²) in [4.78, 5) is 0. The molecular weight excluding hydrogens is 146 g/mol. The summed E-state index contributed by atoms with van der Waals surface area (Å²) < 4.78 is 5.01. The summed E-state index contributed by atoms with van der Waals surface area (Å²) in [5.41, 5.74) is 0. The largest absolute Gasteiger partial charge is 0.394 e. The number of hydrogen-bond acceptors (Lipinski definition) is 3. The SMILES string of the molecule is CCOCC[N]CC(O)CO. The van der Waals surface area contributed by atoms with Gasteiger partial charge in [0, 0.05) is 19.7 Å². The van der Waals surface area contributed by atoms with Crippen molar-refractivity contribution in [3.63, 3.8) is 0 Å². The van der Waals surface area contributed by atoms with Crippen molar-refractivity contribution in [3.05, 3.63) is 0 Å². The Morgan fingerprint density at radius 3 is 2.82 bits per heavy atom. The van der Waals surface area contributed by atoms with Gasteiger partial charge in [-0.2, -0.15) is 0 Å². The van der Waals surface area contributed by atoms with Gasteiger partial charge in [0.1, 0.15) is 0 Å². The fourth-order valence-corrected chi connectivity index (χ4v) is 0.571. The Hall–Kier alpha value is -0.160. The maximum Gasteiger partial charge on any atom is 0.0911 e. The highest BCUT2D eigenvalue weighted by Gasteiger charge is 2.00. The van der Waals surface area contributed by atoms with Crippen LogP contribution in [0.15, 0.2) is 0 Å². The first-order valence-corrected chi connectivity index (χ1v) is 3.81. The zero-order chi connectivity index (χ0) is 8.53. The Bertz CT molecular complexity index is 80.1. The van der Waals surface area contributed by atoms with Crippen molar-refractivity contribution >= 4 is 0 Å². The third-order valence-electron chi connectivity index (χ3n) is 1.15. The monoisotopic (exact) mass is 162 g/mol. The lowest BCUT2D eigenvalue weighted by Crippen LogP contribution is -2.26. The van der Waals surface area contributed by atoms with Gasteiger partial charge in [-0.3, -0.25) is 0 Å². The Morgan fingerprint density at radius 1 is 1.55 bits per heavy atom. The molecule has 2 N–H and O–H groups in total. The first-order valence-electron chi connectivity index (χ1n) is 3.81. The van der Waals surface area contributed by atoms with Crippen LogP contribution in [0.3, 0.4) is 0 Å². The highest BCUT2D eigenvalue weighted by Crippen LogP contribution is 1.78. The third kappa shape index (κ3) is 7.74. The summed E-state index contributed by atoms with van der Waals surface area (Å²) in [6.07, 6.45) is -0.711. The van der Waals surface area contributed by atoms with E-state index in [2.05, 4.69) is 5.32 Å². The normalized spacial score (nSPS) is 13.4. The summed E-state index contributed by atoms with van der Waals surface area (Å²) in [6, 6.07) is 0. The van der Waals surface area contributed by atoms with Crippen LogP contribution >= 0.6 is 0 Å². The topological polar surface area (TPSA) is 63.8 Å². The standard InChI is InChI=1S/C7H16NO3/c1-2-11-4-3-8-5-7(10)6-9/h7,9-10H,2-6H2,1H3. The minimum atomic E-state index is -0.711. The molecule has 4 heteroatoms. The molecule has 0 aliphatic carbocycles. The van der Waals surface area contributed by atoms with Crippen LogP contribution in [0.5, 0.6) is 0 Å². The second kappa shape index (κ2) is 7.94. The van der Waals surface area contributed by atoms with Crippen molar-refractivity contribution < 1.29 is 14.9 Å². The lowest BCUT2D eigenvalue weighted by atomic mass is 10.4. The van der Waals surface area contributed by atoms with E-state index in [1.165, 1.54) is 0 Å². The molecule has 0 spiro atoms. The smallest absolute Gasteiger partial charge is 0.0911 e. The van der Waals surface area contributed by atoms with Crippen molar-refractivity contribution in [2.45, 2.75) is 13.0 Å². The fraction of sp³-hybridized carbons (Fsp3) is 1.00. The van der Waals surface area contributed by atoms with Crippen LogP contribution in [-0.2, 0) is 4.74 Å². The molecule has 1 unspecified atom stereocenters. The molecule has 0 saturated heterocycles. The maximum absolute atomic E-state index is 8.83. The van der Waals surface area contributed by atoms with Crippen molar-refractivity contribution in [2.75, 3.05) is 32.9 Å². The van der Waals surface area contributed by atoms with Gasteiger partial charge in [-0.05, 0) is 6.92 Å². The number of hydrogen-bond donors (Lipinski definition) is 2. The van der Waals surface area contributed by atoms with E-state index in [1.54, 1.807) is 0 Å². The molecule has 0 aromatic carbocycles. The lowest BCUT2D eigenvalue weighted by Gasteiger charge is -2.06. The molecule has 0 aliphatic rings. The van der Waals surface area contributed by atoms with Gasteiger partial charge in [-0.25, -0.2) is 5.32 Å². The number of aliphatic hydroxyl groups excluding tert-OH is 2. The van der Waals surface area contributed by atoms with Crippen molar-refractivity contribution in [1.82, 2.24) is 5.32 Å². The zero-order valence-corrected chi connectivity index (χ0v) is 6.86. The van der Waals surface area contributed by atoms with Gasteiger partial charge >= 0.3 is 0 Å². The highest BCUT2D eigenvalue weighted by atomic mass is 16.5. The van der Waals surface area contributed by atoms with Crippen LogP contribution < -0.4 is 5.32 Å². The van der Waals surface area contributed by atoms with E-state index in [-0.39, 0.29) is 6.61 Å². The predicted octanol–water partition coefficient (Wildman–Crippen LogP) is -1.02. The Kier molecular flexibility index (Phi) is 7.83. The molecule has 0 aromatic rings. The molecule has 0 heterocycles. The van der Waals surface area contributed by atoms with Crippen LogP contribution in [0, 0.1) is 0 Å². The van der Waals surface area contributed by atoms with Gasteiger partial charge < -0.3 is 14.9 Å². The van der Waals surface area contributed by atoms with E-state index in [1.807, 2.05) is 6.92 Å². The van der Waals surface area contributed by atoms with Crippen molar-refractivity contribution in [3.8, 4) is 0 Å². The first-order chi connectivity index (χ1) is 5.31. The fourth-order valence-electron chi connectivity index (χ4n) is 0.571. The van der Waals surface area contributed by atoms with E-state index in [0.717, 1.165) is 0 Å². The average Bonchev–Trinajstić information content (AvgIpc) is 2.04. The number of rotatable bonds is 7. The van der Waals surface area contributed by atoms with E-state index in [9.17, 15) is 0 Å². The Labute approximate surface area is 67.2 Å². The van der Waals surface area contributed by atoms with E-state index in [4.69, 9.17) is 14.9 Å². The van der Waals surface area contributed by atoms with Gasteiger partial charge in [0.05, 0.1) is 19.3 Å². The van der Waals surface area contributed by atoms with Crippen LogP contribution in [0.25, 0.3) is 0 Å². The first kappa shape index (κ1) is 10.8. The van der Waals surface area contributed by atoms with Gasteiger partial charge in [0.2, 0.25) is 0 Å². The van der Waals surface area contributed by atoms with Crippen LogP contribution in [-0.4, -0.2) is 49.2 Å². The molecule has 4 nitrogen and oxygen atoms in total. The molecule has 0 fully saturated rings. The number of aliphatic hydroxyl groups is 2. The minimum absolute atomic E-state index is 0.224. The van der Waals surface area contributed by atoms with Crippen molar-refractivity contribution in [1.29, 1.82) is 0 Å². The maximum atomic E-state index is 8.83. The van der Waals surface area contributed by atoms with Gasteiger partial charge in [-0.1, -0.05) is 0 Å². The predicted molar refractivity (Wildman–Crippen MR) is 41.5 cm³/mol. The molecule has 0 bridgehead atoms. The van der Waals surface area contributed by atoms with E-state index >= 15 is 0 Å². The third-order valence-corrected chi connectivity index (χ3v) is 1.15. The Morgan fingerprint density at radius 2 is 2.27 bits per heavy atom. The Balaban J connectivity index is 2.89. The van der Waals surface area contributed by atoms with Crippen molar-refractivity contribution in [2.24, 2.45) is 0 Å². The molecule has 0 saturated carbocycles. The second-order valence-electron chi connectivity index (χ2n) is 2.16. The average molecular weight is 162 g/mol. The van der Waals surface area contributed by atoms with Crippen LogP contribution in [0.2, 0.25) is 0 Å². The summed E-state index contributed by atoms with van der Waals surface area (Å²) in [6.45, 7) is 3.86. The summed E-state index contributed by atoms with van der Waals surface area (Å²) in [5.74, 6) is 0. The zero-order valence-electron chi connectivity index (χ0n) is 6.86. The second-order valence-corrected chi connectivity index (χ2v) is 2.16.